The molecule has 1 aromatic rings. The van der Waals surface area contributed by atoms with Gasteiger partial charge in [0.15, 0.2) is 0 Å². The smallest absolute Gasteiger partial charge is 0.253 e. The molecule has 3 rings (SSSR count). The molecule has 2 aliphatic heterocycles. The number of benzene rings is 1. The van der Waals surface area contributed by atoms with Crippen LogP contribution in [0.1, 0.15) is 29.3 Å². The predicted molar refractivity (Wildman–Crippen MR) is 75.6 cm³/mol. The average Bonchev–Trinajstić information content (AvgIpc) is 2.95. The van der Waals surface area contributed by atoms with Crippen molar-refractivity contribution in [2.45, 2.75) is 19.8 Å². The van der Waals surface area contributed by atoms with Crippen molar-refractivity contribution < 1.29 is 4.79 Å². The van der Waals surface area contributed by atoms with Crippen LogP contribution in [0.2, 0.25) is 0 Å². The number of amides is 1. The molecule has 0 aliphatic carbocycles. The molecule has 2 aliphatic rings. The first kappa shape index (κ1) is 13.2. The Hall–Kier alpha value is -1.22. The maximum absolute atomic E-state index is 12.3. The Morgan fingerprint density at radius 2 is 2.28 bits per heavy atom. The maximum Gasteiger partial charge on any atom is 0.253 e. The standard InChI is InChI=1S/C14H18N2O.ClH/c1-10-5-7-16(9-10)14(17)12-2-3-13-11(8-12)4-6-15-13;/h2-3,8,10,15H,4-7,9H2,1H3;1H. The highest BCUT2D eigenvalue weighted by Crippen LogP contribution is 2.25. The van der Waals surface area contributed by atoms with Gasteiger partial charge in [0.05, 0.1) is 0 Å². The van der Waals surface area contributed by atoms with E-state index in [-0.39, 0.29) is 18.3 Å². The molecule has 18 heavy (non-hydrogen) atoms. The van der Waals surface area contributed by atoms with E-state index in [0.29, 0.717) is 5.92 Å². The minimum absolute atomic E-state index is 0. The highest BCUT2D eigenvalue weighted by Gasteiger charge is 2.24. The van der Waals surface area contributed by atoms with Gasteiger partial charge >= 0.3 is 0 Å². The number of carbonyl (C=O) groups excluding carboxylic acids is 1. The van der Waals surface area contributed by atoms with Crippen molar-refractivity contribution in [2.75, 3.05) is 25.0 Å². The second kappa shape index (κ2) is 5.19. The first-order chi connectivity index (χ1) is 8.24. The molecule has 0 bridgehead atoms. The number of nitrogens with zero attached hydrogens (tertiary/aromatic N) is 1. The van der Waals surface area contributed by atoms with Crippen LogP contribution in [-0.2, 0) is 6.42 Å². The Bertz CT molecular complexity index is 461. The number of nitrogens with one attached hydrogen (secondary N) is 1. The van der Waals surface area contributed by atoms with E-state index in [9.17, 15) is 4.79 Å². The molecule has 0 aromatic heterocycles. The topological polar surface area (TPSA) is 32.3 Å². The molecular weight excluding hydrogens is 248 g/mol. The summed E-state index contributed by atoms with van der Waals surface area (Å²) in [6, 6.07) is 6.04. The van der Waals surface area contributed by atoms with Crippen LogP contribution >= 0.6 is 12.4 Å². The van der Waals surface area contributed by atoms with Crippen molar-refractivity contribution in [2.24, 2.45) is 5.92 Å². The summed E-state index contributed by atoms with van der Waals surface area (Å²) in [7, 11) is 0. The van der Waals surface area contributed by atoms with E-state index in [2.05, 4.69) is 18.3 Å². The molecule has 1 unspecified atom stereocenters. The summed E-state index contributed by atoms with van der Waals surface area (Å²) in [6.07, 6.45) is 2.17. The Labute approximate surface area is 114 Å². The number of rotatable bonds is 1. The van der Waals surface area contributed by atoms with Crippen LogP contribution in [0.25, 0.3) is 0 Å². The molecule has 0 saturated carbocycles. The molecule has 98 valence electrons. The first-order valence-electron chi connectivity index (χ1n) is 6.40. The average molecular weight is 267 g/mol. The minimum Gasteiger partial charge on any atom is -0.384 e. The molecule has 1 N–H and O–H groups in total. The quantitative estimate of drug-likeness (QED) is 0.847. The molecule has 1 amide bonds. The van der Waals surface area contributed by atoms with E-state index in [1.807, 2.05) is 17.0 Å². The van der Waals surface area contributed by atoms with Crippen molar-refractivity contribution in [3.8, 4) is 0 Å². The number of carbonyl (C=O) groups is 1. The van der Waals surface area contributed by atoms with Crippen LogP contribution in [0.3, 0.4) is 0 Å². The normalized spacial score (nSPS) is 21.2. The largest absolute Gasteiger partial charge is 0.384 e. The molecule has 1 fully saturated rings. The zero-order chi connectivity index (χ0) is 11.8. The van der Waals surface area contributed by atoms with Crippen LogP contribution in [0.4, 0.5) is 5.69 Å². The van der Waals surface area contributed by atoms with E-state index < -0.39 is 0 Å². The monoisotopic (exact) mass is 266 g/mol. The Morgan fingerprint density at radius 1 is 1.44 bits per heavy atom. The van der Waals surface area contributed by atoms with Gasteiger partial charge in [0, 0.05) is 30.9 Å². The van der Waals surface area contributed by atoms with Gasteiger partial charge in [-0.3, -0.25) is 4.79 Å². The van der Waals surface area contributed by atoms with Crippen molar-refractivity contribution in [3.63, 3.8) is 0 Å². The summed E-state index contributed by atoms with van der Waals surface area (Å²) in [5, 5.41) is 3.32. The summed E-state index contributed by atoms with van der Waals surface area (Å²) >= 11 is 0. The lowest BCUT2D eigenvalue weighted by Gasteiger charge is -2.16. The van der Waals surface area contributed by atoms with Gasteiger partial charge in [0.25, 0.3) is 5.91 Å². The fraction of sp³-hybridized carbons (Fsp3) is 0.500. The van der Waals surface area contributed by atoms with Crippen molar-refractivity contribution in [3.05, 3.63) is 29.3 Å². The van der Waals surface area contributed by atoms with Gasteiger partial charge in [-0.05, 0) is 42.5 Å². The number of hydrogen-bond acceptors (Lipinski definition) is 2. The van der Waals surface area contributed by atoms with Crippen LogP contribution in [0.15, 0.2) is 18.2 Å². The van der Waals surface area contributed by atoms with E-state index in [1.165, 1.54) is 11.3 Å². The molecule has 4 heteroatoms. The highest BCUT2D eigenvalue weighted by molar-refractivity contribution is 5.95. The van der Waals surface area contributed by atoms with Crippen molar-refractivity contribution >= 4 is 24.0 Å². The lowest BCUT2D eigenvalue weighted by atomic mass is 10.1. The number of likely N-dealkylation sites (tertiary alicyclic amines) is 1. The lowest BCUT2D eigenvalue weighted by molar-refractivity contribution is 0.0788. The van der Waals surface area contributed by atoms with Crippen molar-refractivity contribution in [1.29, 1.82) is 0 Å². The zero-order valence-corrected chi connectivity index (χ0v) is 11.4. The SMILES string of the molecule is CC1CCN(C(=O)c2ccc3c(c2)CCN3)C1.Cl. The third kappa shape index (κ3) is 2.32. The predicted octanol–water partition coefficient (Wildman–Crippen LogP) is 2.56. The Balaban J connectivity index is 0.00000120. The van der Waals surface area contributed by atoms with Gasteiger partial charge in [0.1, 0.15) is 0 Å². The van der Waals surface area contributed by atoms with E-state index in [1.54, 1.807) is 0 Å². The lowest BCUT2D eigenvalue weighted by Crippen LogP contribution is -2.28. The van der Waals surface area contributed by atoms with Crippen LogP contribution < -0.4 is 5.32 Å². The fourth-order valence-corrected chi connectivity index (χ4v) is 2.74. The number of anilines is 1. The molecule has 0 radical (unpaired) electrons. The van der Waals surface area contributed by atoms with Gasteiger partial charge < -0.3 is 10.2 Å². The molecule has 1 saturated heterocycles. The molecular formula is C14H19ClN2O. The van der Waals surface area contributed by atoms with Crippen molar-refractivity contribution in [1.82, 2.24) is 4.90 Å². The summed E-state index contributed by atoms with van der Waals surface area (Å²) in [4.78, 5) is 14.3. The van der Waals surface area contributed by atoms with E-state index >= 15 is 0 Å². The summed E-state index contributed by atoms with van der Waals surface area (Å²) in [5.74, 6) is 0.846. The molecule has 0 spiro atoms. The zero-order valence-electron chi connectivity index (χ0n) is 10.6. The third-order valence-corrected chi connectivity index (χ3v) is 3.77. The molecule has 1 aromatic carbocycles. The van der Waals surface area contributed by atoms with Gasteiger partial charge in [-0.25, -0.2) is 0 Å². The second-order valence-electron chi connectivity index (χ2n) is 5.19. The third-order valence-electron chi connectivity index (χ3n) is 3.77. The number of halogens is 1. The van der Waals surface area contributed by atoms with Gasteiger partial charge in [0.2, 0.25) is 0 Å². The fourth-order valence-electron chi connectivity index (χ4n) is 2.74. The summed E-state index contributed by atoms with van der Waals surface area (Å²) < 4.78 is 0. The van der Waals surface area contributed by atoms with Gasteiger partial charge in [-0.15, -0.1) is 12.4 Å². The minimum atomic E-state index is 0. The van der Waals surface area contributed by atoms with Crippen LogP contribution in [0.5, 0.6) is 0 Å². The van der Waals surface area contributed by atoms with Crippen LogP contribution in [-0.4, -0.2) is 30.4 Å². The molecule has 3 nitrogen and oxygen atoms in total. The summed E-state index contributed by atoms with van der Waals surface area (Å²) in [5.41, 5.74) is 3.32. The number of hydrogen-bond donors (Lipinski definition) is 1. The first-order valence-corrected chi connectivity index (χ1v) is 6.40. The van der Waals surface area contributed by atoms with E-state index in [0.717, 1.165) is 38.0 Å². The highest BCUT2D eigenvalue weighted by atomic mass is 35.5. The van der Waals surface area contributed by atoms with E-state index in [4.69, 9.17) is 0 Å². The second-order valence-corrected chi connectivity index (χ2v) is 5.19. The van der Waals surface area contributed by atoms with Crippen LogP contribution in [0, 0.1) is 5.92 Å². The number of fused-ring (bicyclic) bond motifs is 1. The Morgan fingerprint density at radius 3 is 3.00 bits per heavy atom. The Kier molecular flexibility index (Phi) is 3.81. The summed E-state index contributed by atoms with van der Waals surface area (Å²) in [6.45, 7) is 5.02. The van der Waals surface area contributed by atoms with Gasteiger partial charge in [-0.1, -0.05) is 6.92 Å². The van der Waals surface area contributed by atoms with Gasteiger partial charge in [-0.2, -0.15) is 0 Å². The maximum atomic E-state index is 12.3. The molecule has 1 atom stereocenters. The molecule has 2 heterocycles.